The summed E-state index contributed by atoms with van der Waals surface area (Å²) < 4.78 is 32.8. The molecular formula is C11H20N4O3S. The van der Waals surface area contributed by atoms with E-state index in [0.717, 1.165) is 12.8 Å². The van der Waals surface area contributed by atoms with Crippen LogP contribution in [0.1, 0.15) is 38.4 Å². The van der Waals surface area contributed by atoms with Gasteiger partial charge in [-0.2, -0.15) is 22.4 Å². The molecule has 1 aliphatic heterocycles. The molecule has 0 radical (unpaired) electrons. The molecule has 0 aromatic carbocycles. The van der Waals surface area contributed by atoms with E-state index < -0.39 is 10.2 Å². The molecule has 0 atom stereocenters. The van der Waals surface area contributed by atoms with Gasteiger partial charge in [-0.3, -0.25) is 0 Å². The molecular weight excluding hydrogens is 268 g/mol. The van der Waals surface area contributed by atoms with E-state index in [4.69, 9.17) is 4.52 Å². The van der Waals surface area contributed by atoms with Crippen molar-refractivity contribution in [3.8, 4) is 0 Å². The molecule has 8 heteroatoms. The second-order valence-electron chi connectivity index (χ2n) is 5.13. The van der Waals surface area contributed by atoms with Crippen molar-refractivity contribution in [1.29, 1.82) is 0 Å². The molecule has 1 aromatic rings. The van der Waals surface area contributed by atoms with Crippen LogP contribution in [-0.4, -0.2) is 36.0 Å². The van der Waals surface area contributed by atoms with Crippen LogP contribution < -0.4 is 4.72 Å². The third-order valence-corrected chi connectivity index (χ3v) is 4.46. The monoisotopic (exact) mass is 288 g/mol. The Hall–Kier alpha value is -0.990. The van der Waals surface area contributed by atoms with Gasteiger partial charge in [0.2, 0.25) is 5.89 Å². The van der Waals surface area contributed by atoms with Crippen LogP contribution in [-0.2, 0) is 23.2 Å². The number of nitrogens with zero attached hydrogens (tertiary/aromatic N) is 3. The van der Waals surface area contributed by atoms with E-state index in [2.05, 4.69) is 28.7 Å². The first-order valence-electron chi connectivity index (χ1n) is 6.53. The highest BCUT2D eigenvalue weighted by molar-refractivity contribution is 7.87. The Morgan fingerprint density at radius 2 is 2.05 bits per heavy atom. The number of nitrogens with one attached hydrogen (secondary N) is 1. The number of aromatic nitrogens is 2. The molecule has 0 aliphatic carbocycles. The molecule has 1 saturated heterocycles. The average Bonchev–Trinajstić information content (AvgIpc) is 2.96. The van der Waals surface area contributed by atoms with E-state index in [0.29, 0.717) is 37.1 Å². The van der Waals surface area contributed by atoms with Gasteiger partial charge in [-0.25, -0.2) is 0 Å². The Kier molecular flexibility index (Phi) is 4.54. The third-order valence-electron chi connectivity index (χ3n) is 2.91. The molecule has 1 fully saturated rings. The summed E-state index contributed by atoms with van der Waals surface area (Å²) in [6, 6.07) is 0. The molecule has 108 valence electrons. The van der Waals surface area contributed by atoms with Crippen LogP contribution in [0.25, 0.3) is 0 Å². The minimum absolute atomic E-state index is 0.0699. The predicted octanol–water partition coefficient (Wildman–Crippen LogP) is 0.698. The van der Waals surface area contributed by atoms with Crippen molar-refractivity contribution in [2.75, 3.05) is 13.1 Å². The van der Waals surface area contributed by atoms with Crippen LogP contribution >= 0.6 is 0 Å². The van der Waals surface area contributed by atoms with E-state index in [-0.39, 0.29) is 6.54 Å². The molecule has 0 bridgehead atoms. The van der Waals surface area contributed by atoms with Crippen molar-refractivity contribution in [1.82, 2.24) is 19.2 Å². The molecule has 7 nitrogen and oxygen atoms in total. The van der Waals surface area contributed by atoms with E-state index in [1.54, 1.807) is 0 Å². The lowest BCUT2D eigenvalue weighted by Crippen LogP contribution is -2.38. The zero-order chi connectivity index (χ0) is 13.9. The maximum absolute atomic E-state index is 11.9. The van der Waals surface area contributed by atoms with Gasteiger partial charge >= 0.3 is 0 Å². The normalized spacial score (nSPS) is 17.4. The smallest absolute Gasteiger partial charge is 0.279 e. The highest BCUT2D eigenvalue weighted by Gasteiger charge is 2.25. The van der Waals surface area contributed by atoms with Gasteiger partial charge in [0.15, 0.2) is 5.82 Å². The van der Waals surface area contributed by atoms with Gasteiger partial charge in [-0.05, 0) is 18.8 Å². The minimum atomic E-state index is -3.41. The van der Waals surface area contributed by atoms with Gasteiger partial charge in [0.25, 0.3) is 10.2 Å². The standard InChI is InChI=1S/C11H20N4O3S/c1-9(2)7-11-13-10(14-18-11)8-12-19(16,17)15-5-3-4-6-15/h9,12H,3-8H2,1-2H3. The van der Waals surface area contributed by atoms with Gasteiger partial charge in [0.05, 0.1) is 6.54 Å². The first-order valence-corrected chi connectivity index (χ1v) is 7.97. The Morgan fingerprint density at radius 1 is 1.37 bits per heavy atom. The Bertz CT molecular complexity index is 506. The molecule has 0 unspecified atom stereocenters. The van der Waals surface area contributed by atoms with Crippen molar-refractivity contribution < 1.29 is 12.9 Å². The van der Waals surface area contributed by atoms with E-state index >= 15 is 0 Å². The van der Waals surface area contributed by atoms with Gasteiger partial charge in [0, 0.05) is 19.5 Å². The van der Waals surface area contributed by atoms with E-state index in [1.807, 2.05) is 0 Å². The topological polar surface area (TPSA) is 88.3 Å². The molecule has 0 spiro atoms. The lowest BCUT2D eigenvalue weighted by atomic mass is 10.1. The summed E-state index contributed by atoms with van der Waals surface area (Å²) >= 11 is 0. The highest BCUT2D eigenvalue weighted by Crippen LogP contribution is 2.11. The quantitative estimate of drug-likeness (QED) is 0.832. The molecule has 0 amide bonds. The molecule has 1 aromatic heterocycles. The van der Waals surface area contributed by atoms with Gasteiger partial charge in [0.1, 0.15) is 0 Å². The second kappa shape index (κ2) is 5.98. The molecule has 19 heavy (non-hydrogen) atoms. The second-order valence-corrected chi connectivity index (χ2v) is 6.89. The van der Waals surface area contributed by atoms with Crippen molar-refractivity contribution in [3.05, 3.63) is 11.7 Å². The summed E-state index contributed by atoms with van der Waals surface area (Å²) in [7, 11) is -3.41. The van der Waals surface area contributed by atoms with Crippen LogP contribution in [0.3, 0.4) is 0 Å². The lowest BCUT2D eigenvalue weighted by molar-refractivity contribution is 0.358. The van der Waals surface area contributed by atoms with Crippen molar-refractivity contribution in [2.45, 2.75) is 39.7 Å². The fourth-order valence-electron chi connectivity index (χ4n) is 1.97. The summed E-state index contributed by atoms with van der Waals surface area (Å²) in [4.78, 5) is 4.16. The molecule has 1 N–H and O–H groups in total. The van der Waals surface area contributed by atoms with Crippen LogP contribution in [0, 0.1) is 5.92 Å². The summed E-state index contributed by atoms with van der Waals surface area (Å²) in [6.45, 7) is 5.35. The first-order chi connectivity index (χ1) is 8.97. The zero-order valence-electron chi connectivity index (χ0n) is 11.3. The van der Waals surface area contributed by atoms with Crippen molar-refractivity contribution in [3.63, 3.8) is 0 Å². The number of hydrogen-bond donors (Lipinski definition) is 1. The van der Waals surface area contributed by atoms with Crippen LogP contribution in [0.2, 0.25) is 0 Å². The number of rotatable bonds is 6. The summed E-state index contributed by atoms with van der Waals surface area (Å²) in [5, 5.41) is 3.77. The maximum atomic E-state index is 11.9. The fraction of sp³-hybridized carbons (Fsp3) is 0.818. The molecule has 1 aliphatic rings. The van der Waals surface area contributed by atoms with E-state index in [9.17, 15) is 8.42 Å². The van der Waals surface area contributed by atoms with Crippen LogP contribution in [0.4, 0.5) is 0 Å². The Balaban J connectivity index is 1.89. The highest BCUT2D eigenvalue weighted by atomic mass is 32.2. The largest absolute Gasteiger partial charge is 0.339 e. The van der Waals surface area contributed by atoms with Crippen molar-refractivity contribution in [2.24, 2.45) is 5.92 Å². The van der Waals surface area contributed by atoms with Gasteiger partial charge in [-0.1, -0.05) is 19.0 Å². The number of hydrogen-bond acceptors (Lipinski definition) is 5. The summed E-state index contributed by atoms with van der Waals surface area (Å²) in [6.07, 6.45) is 2.54. The lowest BCUT2D eigenvalue weighted by Gasteiger charge is -2.14. The van der Waals surface area contributed by atoms with Crippen molar-refractivity contribution >= 4 is 10.2 Å². The van der Waals surface area contributed by atoms with E-state index in [1.165, 1.54) is 4.31 Å². The predicted molar refractivity (Wildman–Crippen MR) is 69.4 cm³/mol. The SMILES string of the molecule is CC(C)Cc1nc(CNS(=O)(=O)N2CCCC2)no1. The third kappa shape index (κ3) is 3.99. The van der Waals surface area contributed by atoms with Gasteiger partial charge < -0.3 is 4.52 Å². The van der Waals surface area contributed by atoms with Crippen LogP contribution in [0.5, 0.6) is 0 Å². The Morgan fingerprint density at radius 3 is 2.68 bits per heavy atom. The maximum Gasteiger partial charge on any atom is 0.279 e. The minimum Gasteiger partial charge on any atom is -0.339 e. The van der Waals surface area contributed by atoms with Gasteiger partial charge in [-0.15, -0.1) is 0 Å². The average molecular weight is 288 g/mol. The zero-order valence-corrected chi connectivity index (χ0v) is 12.1. The fourth-order valence-corrected chi connectivity index (χ4v) is 3.20. The summed E-state index contributed by atoms with van der Waals surface area (Å²) in [5.74, 6) is 1.35. The van der Waals surface area contributed by atoms with Crippen LogP contribution in [0.15, 0.2) is 4.52 Å². The Labute approximate surface area is 113 Å². The first kappa shape index (κ1) is 14.4. The molecule has 2 rings (SSSR count). The molecule has 0 saturated carbocycles. The molecule has 2 heterocycles. The summed E-state index contributed by atoms with van der Waals surface area (Å²) in [5.41, 5.74) is 0.